The molecule has 1 heterocycles. The van der Waals surface area contributed by atoms with Crippen molar-refractivity contribution in [3.8, 4) is 17.0 Å². The molecule has 0 N–H and O–H groups in total. The number of hydrogen-bond donors (Lipinski definition) is 0. The summed E-state index contributed by atoms with van der Waals surface area (Å²) in [5, 5.41) is 0. The fourth-order valence-corrected chi connectivity index (χ4v) is 3.13. The number of carbonyl (C=O) groups excluding carboxylic acids is 1. The van der Waals surface area contributed by atoms with Gasteiger partial charge in [0.25, 0.3) is 0 Å². The average Bonchev–Trinajstić information content (AvgIpc) is 2.75. The second kappa shape index (κ2) is 9.97. The summed E-state index contributed by atoms with van der Waals surface area (Å²) in [6, 6.07) is 15.8. The Bertz CT molecular complexity index is 950. The summed E-state index contributed by atoms with van der Waals surface area (Å²) in [7, 11) is 0. The number of pyridine rings is 1. The molecule has 0 saturated heterocycles. The summed E-state index contributed by atoms with van der Waals surface area (Å²) in [5.41, 5.74) is 4.25. The molecular formula is C25H26FNO2. The van der Waals surface area contributed by atoms with Crippen LogP contribution in [0.15, 0.2) is 60.8 Å². The van der Waals surface area contributed by atoms with E-state index in [1.54, 1.807) is 18.2 Å². The summed E-state index contributed by atoms with van der Waals surface area (Å²) >= 11 is 0. The molecule has 0 bridgehead atoms. The minimum atomic E-state index is -0.582. The SMILES string of the molecule is CCCCc1ccc(-c2ccc(C(=O)Oc3ccc(CCC)cc3F)cc2)nc1. The van der Waals surface area contributed by atoms with Gasteiger partial charge in [0.15, 0.2) is 11.6 Å². The molecule has 1 aromatic heterocycles. The Labute approximate surface area is 171 Å². The van der Waals surface area contributed by atoms with Crippen LogP contribution < -0.4 is 4.74 Å². The first-order valence-electron chi connectivity index (χ1n) is 10.2. The van der Waals surface area contributed by atoms with Crippen molar-refractivity contribution in [2.75, 3.05) is 0 Å². The van der Waals surface area contributed by atoms with Crippen LogP contribution >= 0.6 is 0 Å². The minimum absolute atomic E-state index is 0.0525. The third kappa shape index (κ3) is 5.50. The maximum Gasteiger partial charge on any atom is 0.343 e. The lowest BCUT2D eigenvalue weighted by atomic mass is 10.1. The predicted octanol–water partition coefficient (Wildman–Crippen LogP) is 6.40. The van der Waals surface area contributed by atoms with E-state index in [0.29, 0.717) is 5.56 Å². The zero-order valence-corrected chi connectivity index (χ0v) is 17.0. The number of aromatic nitrogens is 1. The average molecular weight is 391 g/mol. The number of aryl methyl sites for hydroxylation is 2. The van der Waals surface area contributed by atoms with Crippen LogP contribution in [0.1, 0.15) is 54.6 Å². The maximum atomic E-state index is 14.2. The van der Waals surface area contributed by atoms with Gasteiger partial charge in [0.2, 0.25) is 0 Å². The fraction of sp³-hybridized carbons (Fsp3) is 0.280. The molecule has 3 nitrogen and oxygen atoms in total. The summed E-state index contributed by atoms with van der Waals surface area (Å²) in [4.78, 5) is 16.9. The van der Waals surface area contributed by atoms with Crippen molar-refractivity contribution in [2.24, 2.45) is 0 Å². The second-order valence-corrected chi connectivity index (χ2v) is 7.14. The van der Waals surface area contributed by atoms with E-state index in [2.05, 4.69) is 18.0 Å². The number of unbranched alkanes of at least 4 members (excludes halogenated alkanes) is 1. The third-order valence-electron chi connectivity index (χ3n) is 4.80. The van der Waals surface area contributed by atoms with Crippen LogP contribution in [0.3, 0.4) is 0 Å². The smallest absolute Gasteiger partial charge is 0.343 e. The number of halogens is 1. The molecule has 3 rings (SSSR count). The number of nitrogens with zero attached hydrogens (tertiary/aromatic N) is 1. The Morgan fingerprint density at radius 3 is 2.31 bits per heavy atom. The Balaban J connectivity index is 1.67. The van der Waals surface area contributed by atoms with Gasteiger partial charge in [0.05, 0.1) is 11.3 Å². The van der Waals surface area contributed by atoms with Crippen molar-refractivity contribution < 1.29 is 13.9 Å². The van der Waals surface area contributed by atoms with Gasteiger partial charge in [-0.05, 0) is 60.7 Å². The van der Waals surface area contributed by atoms with Crippen molar-refractivity contribution in [3.63, 3.8) is 0 Å². The Morgan fingerprint density at radius 1 is 0.931 bits per heavy atom. The molecule has 0 unspecified atom stereocenters. The quantitative estimate of drug-likeness (QED) is 0.329. The van der Waals surface area contributed by atoms with Gasteiger partial charge in [-0.3, -0.25) is 4.98 Å². The molecule has 29 heavy (non-hydrogen) atoms. The van der Waals surface area contributed by atoms with Crippen LogP contribution in [0.5, 0.6) is 5.75 Å². The lowest BCUT2D eigenvalue weighted by Gasteiger charge is -2.08. The Kier molecular flexibility index (Phi) is 7.12. The number of esters is 1. The molecule has 0 amide bonds. The van der Waals surface area contributed by atoms with Crippen molar-refractivity contribution in [3.05, 3.63) is 83.3 Å². The Hall–Kier alpha value is -3.01. The van der Waals surface area contributed by atoms with Crippen LogP contribution in [-0.4, -0.2) is 11.0 Å². The molecule has 0 spiro atoms. The van der Waals surface area contributed by atoms with Gasteiger partial charge < -0.3 is 4.74 Å². The van der Waals surface area contributed by atoms with Crippen molar-refractivity contribution in [1.29, 1.82) is 0 Å². The van der Waals surface area contributed by atoms with E-state index in [4.69, 9.17) is 4.74 Å². The number of rotatable bonds is 8. The first kappa shape index (κ1) is 20.7. The molecule has 3 aromatic rings. The zero-order valence-electron chi connectivity index (χ0n) is 17.0. The molecule has 0 fully saturated rings. The third-order valence-corrected chi connectivity index (χ3v) is 4.80. The fourth-order valence-electron chi connectivity index (χ4n) is 3.13. The van der Waals surface area contributed by atoms with Crippen LogP contribution in [-0.2, 0) is 12.8 Å². The van der Waals surface area contributed by atoms with Gasteiger partial charge in [-0.1, -0.05) is 51.0 Å². The van der Waals surface area contributed by atoms with Crippen molar-refractivity contribution in [1.82, 2.24) is 4.98 Å². The topological polar surface area (TPSA) is 39.2 Å². The first-order chi connectivity index (χ1) is 14.1. The van der Waals surface area contributed by atoms with Crippen LogP contribution in [0.4, 0.5) is 4.39 Å². The van der Waals surface area contributed by atoms with E-state index in [1.165, 1.54) is 17.7 Å². The highest BCUT2D eigenvalue weighted by atomic mass is 19.1. The summed E-state index contributed by atoms with van der Waals surface area (Å²) in [6.07, 6.45) is 6.97. The maximum absolute atomic E-state index is 14.2. The van der Waals surface area contributed by atoms with Crippen molar-refractivity contribution in [2.45, 2.75) is 46.0 Å². The molecule has 0 saturated carbocycles. The van der Waals surface area contributed by atoms with E-state index in [-0.39, 0.29) is 5.75 Å². The lowest BCUT2D eigenvalue weighted by Crippen LogP contribution is -2.09. The normalized spacial score (nSPS) is 10.7. The lowest BCUT2D eigenvalue weighted by molar-refractivity contribution is 0.0728. The molecule has 4 heteroatoms. The highest BCUT2D eigenvalue weighted by molar-refractivity contribution is 5.91. The van der Waals surface area contributed by atoms with Gasteiger partial charge in [0, 0.05) is 11.8 Å². The monoisotopic (exact) mass is 391 g/mol. The summed E-state index contributed by atoms with van der Waals surface area (Å²) < 4.78 is 19.4. The standard InChI is InChI=1S/C25H26FNO2/c1-3-5-7-19-8-14-23(27-17-19)20-10-12-21(13-11-20)25(28)29-24-15-9-18(6-4-2)16-22(24)26/h8-17H,3-7H2,1-2H3. The molecule has 2 aromatic carbocycles. The molecular weight excluding hydrogens is 365 g/mol. The number of benzene rings is 2. The molecule has 0 atom stereocenters. The van der Waals surface area contributed by atoms with Gasteiger partial charge >= 0.3 is 5.97 Å². The number of ether oxygens (including phenoxy) is 1. The molecule has 150 valence electrons. The van der Waals surface area contributed by atoms with E-state index in [0.717, 1.165) is 48.9 Å². The highest BCUT2D eigenvalue weighted by Crippen LogP contribution is 2.22. The van der Waals surface area contributed by atoms with E-state index >= 15 is 0 Å². The van der Waals surface area contributed by atoms with Gasteiger partial charge in [-0.15, -0.1) is 0 Å². The van der Waals surface area contributed by atoms with Gasteiger partial charge in [-0.25, -0.2) is 9.18 Å². The van der Waals surface area contributed by atoms with E-state index in [1.807, 2.05) is 31.3 Å². The summed E-state index contributed by atoms with van der Waals surface area (Å²) in [6.45, 7) is 4.20. The van der Waals surface area contributed by atoms with Gasteiger partial charge in [-0.2, -0.15) is 0 Å². The molecule has 0 aliphatic carbocycles. The molecule has 0 radical (unpaired) electrons. The predicted molar refractivity (Wildman–Crippen MR) is 114 cm³/mol. The van der Waals surface area contributed by atoms with Gasteiger partial charge in [0.1, 0.15) is 0 Å². The van der Waals surface area contributed by atoms with E-state index in [9.17, 15) is 9.18 Å². The number of hydrogen-bond acceptors (Lipinski definition) is 3. The van der Waals surface area contributed by atoms with E-state index < -0.39 is 11.8 Å². The van der Waals surface area contributed by atoms with Crippen molar-refractivity contribution >= 4 is 5.97 Å². The first-order valence-corrected chi connectivity index (χ1v) is 10.2. The second-order valence-electron chi connectivity index (χ2n) is 7.14. The minimum Gasteiger partial charge on any atom is -0.420 e. The summed E-state index contributed by atoms with van der Waals surface area (Å²) in [5.74, 6) is -1.15. The van der Waals surface area contributed by atoms with Crippen LogP contribution in [0.2, 0.25) is 0 Å². The largest absolute Gasteiger partial charge is 0.420 e. The molecule has 0 aliphatic heterocycles. The molecule has 0 aliphatic rings. The number of carbonyl (C=O) groups is 1. The zero-order chi connectivity index (χ0) is 20.6. The highest BCUT2D eigenvalue weighted by Gasteiger charge is 2.13. The Morgan fingerprint density at radius 2 is 1.69 bits per heavy atom. The van der Waals surface area contributed by atoms with Crippen LogP contribution in [0, 0.1) is 5.82 Å². The van der Waals surface area contributed by atoms with Crippen LogP contribution in [0.25, 0.3) is 11.3 Å².